The maximum absolute atomic E-state index is 6.58. The topological polar surface area (TPSA) is 54.9 Å². The van der Waals surface area contributed by atoms with Crippen molar-refractivity contribution in [3.8, 4) is 5.75 Å². The van der Waals surface area contributed by atoms with Crippen LogP contribution in [0.25, 0.3) is 0 Å². The van der Waals surface area contributed by atoms with E-state index in [0.29, 0.717) is 6.61 Å². The molecule has 2 aliphatic heterocycles. The highest BCUT2D eigenvalue weighted by Crippen LogP contribution is 2.38. The minimum absolute atomic E-state index is 0.0677. The summed E-state index contributed by atoms with van der Waals surface area (Å²) in [6.45, 7) is 2.94. The molecule has 2 N–H and O–H groups in total. The molecular weight excluding hydrogens is 386 g/mol. The lowest BCUT2D eigenvalue weighted by atomic mass is 9.74. The Balaban J connectivity index is 1.49. The van der Waals surface area contributed by atoms with Gasteiger partial charge in [0, 0.05) is 49.2 Å². The molecule has 1 unspecified atom stereocenters. The molecule has 1 saturated heterocycles. The van der Waals surface area contributed by atoms with E-state index in [9.17, 15) is 0 Å². The Bertz CT molecular complexity index is 865. The standard InChI is InChI=1S/C23H28ClN3O2/c1-25-22(27-20-10-13-29-21-9-5-2-6-17(20)21)26-16-23(11-14-28-15-12-23)18-7-3-4-8-19(18)24/h2-9,20H,10-16H2,1H3,(H2,25,26,27). The van der Waals surface area contributed by atoms with Gasteiger partial charge in [-0.15, -0.1) is 0 Å². The maximum atomic E-state index is 6.58. The zero-order valence-electron chi connectivity index (χ0n) is 16.8. The molecule has 0 spiro atoms. The molecule has 0 bridgehead atoms. The van der Waals surface area contributed by atoms with Gasteiger partial charge in [-0.2, -0.15) is 0 Å². The van der Waals surface area contributed by atoms with E-state index >= 15 is 0 Å². The average Bonchev–Trinajstić information content (AvgIpc) is 2.77. The van der Waals surface area contributed by atoms with Crippen LogP contribution in [-0.4, -0.2) is 39.4 Å². The molecule has 154 valence electrons. The largest absolute Gasteiger partial charge is 0.493 e. The maximum Gasteiger partial charge on any atom is 0.191 e. The molecule has 0 saturated carbocycles. The van der Waals surface area contributed by atoms with E-state index in [1.807, 2.05) is 37.4 Å². The summed E-state index contributed by atoms with van der Waals surface area (Å²) in [5, 5.41) is 7.96. The van der Waals surface area contributed by atoms with E-state index in [1.165, 1.54) is 11.1 Å². The third kappa shape index (κ3) is 4.36. The average molecular weight is 414 g/mol. The van der Waals surface area contributed by atoms with E-state index in [2.05, 4.69) is 33.8 Å². The Hall–Kier alpha value is -2.24. The quantitative estimate of drug-likeness (QED) is 0.585. The van der Waals surface area contributed by atoms with Crippen LogP contribution in [0.2, 0.25) is 5.02 Å². The zero-order chi connectivity index (χ0) is 20.1. The predicted molar refractivity (Wildman–Crippen MR) is 117 cm³/mol. The summed E-state index contributed by atoms with van der Waals surface area (Å²) in [5.41, 5.74) is 2.29. The molecule has 1 atom stereocenters. The molecule has 6 heteroatoms. The van der Waals surface area contributed by atoms with Gasteiger partial charge in [0.1, 0.15) is 5.75 Å². The smallest absolute Gasteiger partial charge is 0.191 e. The molecule has 4 rings (SSSR count). The highest BCUT2D eigenvalue weighted by molar-refractivity contribution is 6.31. The molecule has 0 aliphatic carbocycles. The SMILES string of the molecule is CN=C(NCC1(c2ccccc2Cl)CCOCC1)NC1CCOc2ccccc21. The number of halogens is 1. The molecule has 1 fully saturated rings. The molecule has 29 heavy (non-hydrogen) atoms. The molecule has 5 nitrogen and oxygen atoms in total. The lowest BCUT2D eigenvalue weighted by Crippen LogP contribution is -2.49. The Morgan fingerprint density at radius 2 is 1.86 bits per heavy atom. The number of nitrogens with zero attached hydrogens (tertiary/aromatic N) is 1. The van der Waals surface area contributed by atoms with E-state index < -0.39 is 0 Å². The third-order valence-electron chi connectivity index (χ3n) is 5.98. The number of aliphatic imine (C=N–C) groups is 1. The Kier molecular flexibility index (Phi) is 6.26. The van der Waals surface area contributed by atoms with Gasteiger partial charge in [-0.1, -0.05) is 48.0 Å². The van der Waals surface area contributed by atoms with Gasteiger partial charge in [-0.05, 0) is 30.5 Å². The first-order valence-electron chi connectivity index (χ1n) is 10.2. The van der Waals surface area contributed by atoms with Gasteiger partial charge < -0.3 is 20.1 Å². The summed E-state index contributed by atoms with van der Waals surface area (Å²) in [7, 11) is 1.81. The monoisotopic (exact) mass is 413 g/mol. The van der Waals surface area contributed by atoms with Crippen LogP contribution in [-0.2, 0) is 10.2 Å². The fraction of sp³-hybridized carbons (Fsp3) is 0.435. The van der Waals surface area contributed by atoms with Crippen LogP contribution >= 0.6 is 11.6 Å². The molecule has 0 amide bonds. The number of fused-ring (bicyclic) bond motifs is 1. The number of rotatable bonds is 4. The van der Waals surface area contributed by atoms with Gasteiger partial charge in [-0.25, -0.2) is 0 Å². The van der Waals surface area contributed by atoms with Gasteiger partial charge in [0.2, 0.25) is 0 Å². The number of para-hydroxylation sites is 1. The van der Waals surface area contributed by atoms with Crippen LogP contribution in [0.5, 0.6) is 5.75 Å². The first-order chi connectivity index (χ1) is 14.2. The van der Waals surface area contributed by atoms with Crippen LogP contribution in [0.4, 0.5) is 0 Å². The number of nitrogens with one attached hydrogen (secondary N) is 2. The van der Waals surface area contributed by atoms with Crippen molar-refractivity contribution < 1.29 is 9.47 Å². The predicted octanol–water partition coefficient (Wildman–Crippen LogP) is 4.08. The summed E-state index contributed by atoms with van der Waals surface area (Å²) in [4.78, 5) is 4.48. The summed E-state index contributed by atoms with van der Waals surface area (Å²) in [6, 6.07) is 16.5. The van der Waals surface area contributed by atoms with Gasteiger partial charge in [0.25, 0.3) is 0 Å². The highest BCUT2D eigenvalue weighted by atomic mass is 35.5. The molecule has 2 aromatic rings. The number of hydrogen-bond acceptors (Lipinski definition) is 3. The van der Waals surface area contributed by atoms with Gasteiger partial charge in [-0.3, -0.25) is 4.99 Å². The number of benzene rings is 2. The minimum atomic E-state index is -0.0677. The van der Waals surface area contributed by atoms with E-state index in [1.54, 1.807) is 0 Å². The van der Waals surface area contributed by atoms with E-state index in [0.717, 1.165) is 55.8 Å². The molecule has 2 aromatic carbocycles. The normalized spacial score (nSPS) is 21.0. The van der Waals surface area contributed by atoms with Crippen LogP contribution in [0.1, 0.15) is 36.4 Å². The van der Waals surface area contributed by atoms with Crippen LogP contribution < -0.4 is 15.4 Å². The van der Waals surface area contributed by atoms with Crippen molar-refractivity contribution in [2.75, 3.05) is 33.4 Å². The van der Waals surface area contributed by atoms with Gasteiger partial charge in [0.15, 0.2) is 5.96 Å². The summed E-state index contributed by atoms with van der Waals surface area (Å²) >= 11 is 6.58. The minimum Gasteiger partial charge on any atom is -0.493 e. The fourth-order valence-corrected chi connectivity index (χ4v) is 4.64. The second kappa shape index (κ2) is 9.06. The molecule has 0 aromatic heterocycles. The van der Waals surface area contributed by atoms with Gasteiger partial charge >= 0.3 is 0 Å². The van der Waals surface area contributed by atoms with Crippen LogP contribution in [0, 0.1) is 0 Å². The van der Waals surface area contributed by atoms with Crippen molar-refractivity contribution in [2.45, 2.75) is 30.7 Å². The molecule has 2 aliphatic rings. The summed E-state index contributed by atoms with van der Waals surface area (Å²) in [6.07, 6.45) is 2.77. The third-order valence-corrected chi connectivity index (χ3v) is 6.31. The zero-order valence-corrected chi connectivity index (χ0v) is 17.5. The number of hydrogen-bond donors (Lipinski definition) is 2. The first-order valence-corrected chi connectivity index (χ1v) is 10.6. The lowest BCUT2D eigenvalue weighted by Gasteiger charge is -2.39. The van der Waals surface area contributed by atoms with Crippen molar-refractivity contribution >= 4 is 17.6 Å². The second-order valence-electron chi connectivity index (χ2n) is 7.67. The van der Waals surface area contributed by atoms with Gasteiger partial charge in [0.05, 0.1) is 12.6 Å². The second-order valence-corrected chi connectivity index (χ2v) is 8.08. The van der Waals surface area contributed by atoms with E-state index in [4.69, 9.17) is 21.1 Å². The van der Waals surface area contributed by atoms with Crippen LogP contribution in [0.15, 0.2) is 53.5 Å². The number of ether oxygens (including phenoxy) is 2. The van der Waals surface area contributed by atoms with Crippen molar-refractivity contribution in [3.05, 3.63) is 64.7 Å². The Morgan fingerprint density at radius 3 is 2.66 bits per heavy atom. The van der Waals surface area contributed by atoms with Crippen molar-refractivity contribution in [2.24, 2.45) is 4.99 Å². The molecule has 2 heterocycles. The van der Waals surface area contributed by atoms with E-state index in [-0.39, 0.29) is 11.5 Å². The lowest BCUT2D eigenvalue weighted by molar-refractivity contribution is 0.0514. The Labute approximate surface area is 177 Å². The first kappa shape index (κ1) is 20.0. The van der Waals surface area contributed by atoms with Crippen molar-refractivity contribution in [1.29, 1.82) is 0 Å². The van der Waals surface area contributed by atoms with Crippen LogP contribution in [0.3, 0.4) is 0 Å². The summed E-state index contributed by atoms with van der Waals surface area (Å²) < 4.78 is 11.4. The molecule has 0 radical (unpaired) electrons. The summed E-state index contributed by atoms with van der Waals surface area (Å²) in [5.74, 6) is 1.74. The number of guanidine groups is 1. The van der Waals surface area contributed by atoms with Crippen molar-refractivity contribution in [3.63, 3.8) is 0 Å². The highest BCUT2D eigenvalue weighted by Gasteiger charge is 2.36. The Morgan fingerprint density at radius 1 is 1.10 bits per heavy atom. The molecular formula is C23H28ClN3O2. The van der Waals surface area contributed by atoms with Crippen molar-refractivity contribution in [1.82, 2.24) is 10.6 Å². The fourth-order valence-electron chi connectivity index (χ4n) is 4.30.